The number of nitrogens with zero attached hydrogens (tertiary/aromatic N) is 2. The van der Waals surface area contributed by atoms with E-state index in [2.05, 4.69) is 26.5 Å². The number of halogens is 1. The number of para-hydroxylation sites is 1. The van der Waals surface area contributed by atoms with Gasteiger partial charge < -0.3 is 9.47 Å². The Morgan fingerprint density at radius 3 is 2.47 bits per heavy atom. The SMILES string of the molecule is COc1cc(/C=N/NC(=O)c2cc(-c3ccccc3)nc3ccccc23)c(Br)cc1OC(C)=O. The normalized spacial score (nSPS) is 10.9. The largest absolute Gasteiger partial charge is 0.493 e. The summed E-state index contributed by atoms with van der Waals surface area (Å²) in [4.78, 5) is 29.1. The highest BCUT2D eigenvalue weighted by Gasteiger charge is 2.14. The number of benzene rings is 3. The van der Waals surface area contributed by atoms with E-state index in [-0.39, 0.29) is 11.7 Å². The Morgan fingerprint density at radius 1 is 1.00 bits per heavy atom. The molecule has 0 aliphatic carbocycles. The minimum absolute atomic E-state index is 0.278. The zero-order valence-electron chi connectivity index (χ0n) is 18.4. The molecule has 34 heavy (non-hydrogen) atoms. The van der Waals surface area contributed by atoms with E-state index in [0.29, 0.717) is 32.6 Å². The summed E-state index contributed by atoms with van der Waals surface area (Å²) in [7, 11) is 1.47. The molecule has 0 radical (unpaired) electrons. The Hall–Kier alpha value is -4.04. The third kappa shape index (κ3) is 5.13. The lowest BCUT2D eigenvalue weighted by Gasteiger charge is -2.10. The average Bonchev–Trinajstić information content (AvgIpc) is 2.84. The van der Waals surface area contributed by atoms with Crippen molar-refractivity contribution in [1.29, 1.82) is 0 Å². The zero-order valence-corrected chi connectivity index (χ0v) is 20.0. The number of carbonyl (C=O) groups is 2. The van der Waals surface area contributed by atoms with Gasteiger partial charge >= 0.3 is 5.97 Å². The first-order valence-electron chi connectivity index (χ1n) is 10.3. The summed E-state index contributed by atoms with van der Waals surface area (Å²) in [5.41, 5.74) is 5.99. The molecule has 1 heterocycles. The number of hydrogen-bond acceptors (Lipinski definition) is 6. The number of nitrogens with one attached hydrogen (secondary N) is 1. The number of ether oxygens (including phenoxy) is 2. The van der Waals surface area contributed by atoms with Crippen molar-refractivity contribution < 1.29 is 19.1 Å². The number of amides is 1. The highest BCUT2D eigenvalue weighted by Crippen LogP contribution is 2.33. The van der Waals surface area contributed by atoms with Crippen LogP contribution in [0.4, 0.5) is 0 Å². The minimum atomic E-state index is -0.460. The van der Waals surface area contributed by atoms with Crippen LogP contribution in [-0.2, 0) is 4.79 Å². The van der Waals surface area contributed by atoms with E-state index in [1.165, 1.54) is 20.2 Å². The van der Waals surface area contributed by atoms with Crippen molar-refractivity contribution in [3.63, 3.8) is 0 Å². The third-order valence-electron chi connectivity index (χ3n) is 4.94. The first-order valence-corrected chi connectivity index (χ1v) is 11.1. The van der Waals surface area contributed by atoms with Gasteiger partial charge in [0, 0.05) is 27.9 Å². The van der Waals surface area contributed by atoms with Crippen LogP contribution >= 0.6 is 15.9 Å². The minimum Gasteiger partial charge on any atom is -0.493 e. The molecule has 0 aliphatic rings. The van der Waals surface area contributed by atoms with Gasteiger partial charge in [0.2, 0.25) is 0 Å². The van der Waals surface area contributed by atoms with Crippen LogP contribution in [0.2, 0.25) is 0 Å². The molecule has 0 spiro atoms. The van der Waals surface area contributed by atoms with Gasteiger partial charge in [-0.1, -0.05) is 48.5 Å². The molecule has 1 N–H and O–H groups in total. The Balaban J connectivity index is 1.62. The maximum Gasteiger partial charge on any atom is 0.308 e. The predicted octanol–water partition coefficient (Wildman–Crippen LogP) is 5.36. The van der Waals surface area contributed by atoms with Gasteiger partial charge in [-0.3, -0.25) is 9.59 Å². The predicted molar refractivity (Wildman–Crippen MR) is 134 cm³/mol. The van der Waals surface area contributed by atoms with Gasteiger partial charge in [0.05, 0.1) is 30.1 Å². The van der Waals surface area contributed by atoms with E-state index < -0.39 is 5.97 Å². The van der Waals surface area contributed by atoms with Crippen LogP contribution in [0.1, 0.15) is 22.8 Å². The molecule has 0 bridgehead atoms. The molecule has 0 saturated heterocycles. The Kier molecular flexibility index (Phi) is 6.98. The van der Waals surface area contributed by atoms with Crippen molar-refractivity contribution in [3.05, 3.63) is 88.4 Å². The fourth-order valence-electron chi connectivity index (χ4n) is 3.38. The van der Waals surface area contributed by atoms with Crippen molar-refractivity contribution in [2.75, 3.05) is 7.11 Å². The molecule has 170 valence electrons. The number of carbonyl (C=O) groups excluding carboxylic acids is 2. The molecular formula is C26H20BrN3O4. The topological polar surface area (TPSA) is 89.9 Å². The second-order valence-corrected chi connectivity index (χ2v) is 8.11. The third-order valence-corrected chi connectivity index (χ3v) is 5.62. The molecule has 1 aromatic heterocycles. The zero-order chi connectivity index (χ0) is 24.1. The number of aromatic nitrogens is 1. The lowest BCUT2D eigenvalue weighted by molar-refractivity contribution is -0.132. The van der Waals surface area contributed by atoms with Gasteiger partial charge in [-0.25, -0.2) is 10.4 Å². The molecule has 8 heteroatoms. The van der Waals surface area contributed by atoms with E-state index in [4.69, 9.17) is 14.5 Å². The lowest BCUT2D eigenvalue weighted by atomic mass is 10.0. The Morgan fingerprint density at radius 2 is 1.74 bits per heavy atom. The molecule has 3 aromatic carbocycles. The van der Waals surface area contributed by atoms with Crippen molar-refractivity contribution in [2.24, 2.45) is 5.10 Å². The van der Waals surface area contributed by atoms with Crippen LogP contribution in [0.25, 0.3) is 22.2 Å². The van der Waals surface area contributed by atoms with Gasteiger partial charge in [-0.2, -0.15) is 5.10 Å². The molecular weight excluding hydrogens is 498 g/mol. The second kappa shape index (κ2) is 10.3. The molecule has 7 nitrogen and oxygen atoms in total. The summed E-state index contributed by atoms with van der Waals surface area (Å²) < 4.78 is 11.0. The summed E-state index contributed by atoms with van der Waals surface area (Å²) in [6.07, 6.45) is 1.48. The smallest absolute Gasteiger partial charge is 0.308 e. The van der Waals surface area contributed by atoms with Crippen molar-refractivity contribution in [3.8, 4) is 22.8 Å². The van der Waals surface area contributed by atoms with E-state index >= 15 is 0 Å². The monoisotopic (exact) mass is 517 g/mol. The number of hydrazone groups is 1. The first kappa shape index (κ1) is 23.1. The summed E-state index contributed by atoms with van der Waals surface area (Å²) >= 11 is 3.42. The number of hydrogen-bond donors (Lipinski definition) is 1. The lowest BCUT2D eigenvalue weighted by Crippen LogP contribution is -2.18. The van der Waals surface area contributed by atoms with E-state index in [0.717, 1.165) is 10.9 Å². The second-order valence-electron chi connectivity index (χ2n) is 7.26. The Labute approximate surface area is 204 Å². The molecule has 0 atom stereocenters. The number of esters is 1. The van der Waals surface area contributed by atoms with Crippen molar-refractivity contribution >= 4 is 44.9 Å². The molecule has 1 amide bonds. The molecule has 0 fully saturated rings. The number of methoxy groups -OCH3 is 1. The van der Waals surface area contributed by atoms with Gasteiger partial charge in [-0.05, 0) is 40.2 Å². The number of fused-ring (bicyclic) bond motifs is 1. The highest BCUT2D eigenvalue weighted by molar-refractivity contribution is 9.10. The van der Waals surface area contributed by atoms with Gasteiger partial charge in [-0.15, -0.1) is 0 Å². The maximum atomic E-state index is 13.1. The van der Waals surface area contributed by atoms with E-state index in [1.54, 1.807) is 18.2 Å². The van der Waals surface area contributed by atoms with Crippen LogP contribution in [0, 0.1) is 0 Å². The molecule has 0 aliphatic heterocycles. The summed E-state index contributed by atoms with van der Waals surface area (Å²) in [6.45, 7) is 1.31. The fourth-order valence-corrected chi connectivity index (χ4v) is 3.81. The maximum absolute atomic E-state index is 13.1. The average molecular weight is 518 g/mol. The van der Waals surface area contributed by atoms with Crippen LogP contribution < -0.4 is 14.9 Å². The molecule has 4 aromatic rings. The van der Waals surface area contributed by atoms with Gasteiger partial charge in [0.25, 0.3) is 5.91 Å². The van der Waals surface area contributed by atoms with E-state index in [9.17, 15) is 9.59 Å². The first-order chi connectivity index (χ1) is 16.5. The van der Waals surface area contributed by atoms with Crippen LogP contribution in [0.5, 0.6) is 11.5 Å². The quantitative estimate of drug-likeness (QED) is 0.161. The van der Waals surface area contributed by atoms with Gasteiger partial charge in [0.15, 0.2) is 11.5 Å². The standard InChI is InChI=1S/C26H20BrN3O4/c1-16(31)34-25-14-21(27)18(12-24(25)33-2)15-28-30-26(32)20-13-23(17-8-4-3-5-9-17)29-22-11-7-6-10-19(20)22/h3-15H,1-2H3,(H,30,32)/b28-15+. The van der Waals surface area contributed by atoms with Crippen molar-refractivity contribution in [1.82, 2.24) is 10.4 Å². The Bertz CT molecular complexity index is 1400. The van der Waals surface area contributed by atoms with E-state index in [1.807, 2.05) is 54.6 Å². The van der Waals surface area contributed by atoms with Crippen LogP contribution in [0.3, 0.4) is 0 Å². The van der Waals surface area contributed by atoms with Crippen molar-refractivity contribution in [2.45, 2.75) is 6.92 Å². The molecule has 4 rings (SSSR count). The summed E-state index contributed by atoms with van der Waals surface area (Å²) in [5.74, 6) is -0.191. The van der Waals surface area contributed by atoms with Crippen LogP contribution in [0.15, 0.2) is 82.4 Å². The summed E-state index contributed by atoms with van der Waals surface area (Å²) in [6, 6.07) is 22.1. The van der Waals surface area contributed by atoms with Crippen LogP contribution in [-0.4, -0.2) is 30.2 Å². The molecule has 0 unspecified atom stereocenters. The number of rotatable bonds is 6. The fraction of sp³-hybridized carbons (Fsp3) is 0.0769. The summed E-state index contributed by atoms with van der Waals surface area (Å²) in [5, 5.41) is 4.84. The molecule has 0 saturated carbocycles. The van der Waals surface area contributed by atoms with Gasteiger partial charge in [0.1, 0.15) is 0 Å². The highest BCUT2D eigenvalue weighted by atomic mass is 79.9. The number of pyridine rings is 1.